The van der Waals surface area contributed by atoms with Gasteiger partial charge >= 0.3 is 0 Å². The summed E-state index contributed by atoms with van der Waals surface area (Å²) in [6, 6.07) is 13.1. The normalized spacial score (nSPS) is 20.1. The minimum Gasteiger partial charge on any atom is -0.486 e. The van der Waals surface area contributed by atoms with Crippen molar-refractivity contribution in [1.29, 1.82) is 0 Å². The number of carbonyl (C=O) groups is 2. The molecular weight excluding hydrogens is 434 g/mol. The van der Waals surface area contributed by atoms with Crippen molar-refractivity contribution in [2.75, 3.05) is 44.3 Å². The average Bonchev–Trinajstić information content (AvgIpc) is 2.88. The number of nitrogens with one attached hydrogen (secondary N) is 1. The Kier molecular flexibility index (Phi) is 6.47. The minimum absolute atomic E-state index is 0.00394. The van der Waals surface area contributed by atoms with E-state index < -0.39 is 6.10 Å². The molecule has 2 aromatic rings. The first-order valence-electron chi connectivity index (χ1n) is 12.1. The van der Waals surface area contributed by atoms with E-state index in [9.17, 15) is 9.59 Å². The van der Waals surface area contributed by atoms with Crippen molar-refractivity contribution in [3.05, 3.63) is 48.0 Å². The number of amides is 2. The summed E-state index contributed by atoms with van der Waals surface area (Å²) in [7, 11) is 0. The number of rotatable bonds is 5. The van der Waals surface area contributed by atoms with E-state index >= 15 is 0 Å². The van der Waals surface area contributed by atoms with E-state index in [4.69, 9.17) is 14.2 Å². The van der Waals surface area contributed by atoms with E-state index in [0.717, 1.165) is 49.4 Å². The number of hydrogen-bond donors (Lipinski definition) is 1. The van der Waals surface area contributed by atoms with Gasteiger partial charge < -0.3 is 29.3 Å². The van der Waals surface area contributed by atoms with E-state index in [0.29, 0.717) is 31.3 Å². The van der Waals surface area contributed by atoms with Crippen LogP contribution in [0.4, 0.5) is 5.69 Å². The Bertz CT molecular complexity index is 1050. The number of fused-ring (bicyclic) bond motifs is 2. The second kappa shape index (κ2) is 9.83. The molecule has 0 unspecified atom stereocenters. The maximum Gasteiger partial charge on any atom is 0.265 e. The van der Waals surface area contributed by atoms with Crippen molar-refractivity contribution in [1.82, 2.24) is 10.2 Å². The molecule has 3 aliphatic heterocycles. The lowest BCUT2D eigenvalue weighted by molar-refractivity contribution is -0.139. The summed E-state index contributed by atoms with van der Waals surface area (Å²) in [6.07, 6.45) is 2.60. The second-order valence-corrected chi connectivity index (χ2v) is 9.03. The maximum absolute atomic E-state index is 13.1. The fraction of sp³-hybridized carbons (Fsp3) is 0.462. The summed E-state index contributed by atoms with van der Waals surface area (Å²) >= 11 is 0. The molecule has 0 radical (unpaired) electrons. The van der Waals surface area contributed by atoms with E-state index in [1.165, 1.54) is 0 Å². The molecule has 2 atom stereocenters. The van der Waals surface area contributed by atoms with Crippen LogP contribution in [-0.2, 0) is 9.59 Å². The zero-order valence-electron chi connectivity index (χ0n) is 19.5. The van der Waals surface area contributed by atoms with Crippen molar-refractivity contribution in [2.24, 2.45) is 0 Å². The summed E-state index contributed by atoms with van der Waals surface area (Å²) in [5.41, 5.74) is 1.77. The van der Waals surface area contributed by atoms with E-state index in [1.807, 2.05) is 59.2 Å². The van der Waals surface area contributed by atoms with Gasteiger partial charge in [0.15, 0.2) is 17.6 Å². The van der Waals surface area contributed by atoms with Gasteiger partial charge in [0, 0.05) is 13.1 Å². The molecule has 8 nitrogen and oxygen atoms in total. The van der Waals surface area contributed by atoms with Gasteiger partial charge in [0.1, 0.15) is 19.0 Å². The minimum atomic E-state index is -0.615. The number of piperidine rings is 1. The van der Waals surface area contributed by atoms with E-state index in [1.54, 1.807) is 0 Å². The van der Waals surface area contributed by atoms with Crippen molar-refractivity contribution >= 4 is 17.5 Å². The molecule has 1 saturated heterocycles. The van der Waals surface area contributed by atoms with Gasteiger partial charge in [0.25, 0.3) is 5.91 Å². The SMILES string of the molecule is C[C@@H](NC(=O)CN1C[C@@H](C(=O)N2CCCCC2)Oc2ccccc21)c1ccc2c(c1)OCCO2. The van der Waals surface area contributed by atoms with Gasteiger partial charge in [-0.05, 0) is 56.0 Å². The predicted molar refractivity (Wildman–Crippen MR) is 127 cm³/mol. The Morgan fingerprint density at radius 2 is 1.76 bits per heavy atom. The van der Waals surface area contributed by atoms with Gasteiger partial charge in [0.2, 0.25) is 5.91 Å². The highest BCUT2D eigenvalue weighted by Gasteiger charge is 2.34. The molecule has 3 aliphatic rings. The number of benzene rings is 2. The summed E-state index contributed by atoms with van der Waals surface area (Å²) in [5, 5.41) is 3.08. The van der Waals surface area contributed by atoms with Gasteiger partial charge in [0.05, 0.1) is 24.8 Å². The Balaban J connectivity index is 1.26. The Morgan fingerprint density at radius 3 is 2.59 bits per heavy atom. The van der Waals surface area contributed by atoms with Crippen LogP contribution in [0.15, 0.2) is 42.5 Å². The highest BCUT2D eigenvalue weighted by Crippen LogP contribution is 2.34. The van der Waals surface area contributed by atoms with Crippen LogP contribution in [0, 0.1) is 0 Å². The first-order valence-corrected chi connectivity index (χ1v) is 12.1. The molecule has 8 heteroatoms. The third-order valence-electron chi connectivity index (χ3n) is 6.58. The largest absolute Gasteiger partial charge is 0.486 e. The number of carbonyl (C=O) groups excluding carboxylic acids is 2. The first kappa shape index (κ1) is 22.4. The molecule has 0 bridgehead atoms. The fourth-order valence-corrected chi connectivity index (χ4v) is 4.78. The van der Waals surface area contributed by atoms with Crippen LogP contribution in [-0.4, -0.2) is 62.2 Å². The van der Waals surface area contributed by atoms with Crippen molar-refractivity contribution in [2.45, 2.75) is 38.3 Å². The Labute approximate surface area is 199 Å². The monoisotopic (exact) mass is 465 g/mol. The summed E-state index contributed by atoms with van der Waals surface area (Å²) in [6.45, 7) is 5.03. The van der Waals surface area contributed by atoms with Gasteiger partial charge in [-0.25, -0.2) is 0 Å². The highest BCUT2D eigenvalue weighted by atomic mass is 16.6. The molecule has 5 rings (SSSR count). The van der Waals surface area contributed by atoms with Crippen LogP contribution in [0.3, 0.4) is 0 Å². The third kappa shape index (κ3) is 4.76. The average molecular weight is 466 g/mol. The number of likely N-dealkylation sites (tertiary alicyclic amines) is 1. The van der Waals surface area contributed by atoms with Crippen molar-refractivity contribution in [3.8, 4) is 17.2 Å². The number of nitrogens with zero attached hydrogens (tertiary/aromatic N) is 2. The summed E-state index contributed by atoms with van der Waals surface area (Å²) < 4.78 is 17.3. The van der Waals surface area contributed by atoms with Gasteiger partial charge in [-0.15, -0.1) is 0 Å². The summed E-state index contributed by atoms with van der Waals surface area (Å²) in [4.78, 5) is 30.0. The molecule has 3 heterocycles. The lowest BCUT2D eigenvalue weighted by atomic mass is 10.1. The van der Waals surface area contributed by atoms with Crippen molar-refractivity contribution in [3.63, 3.8) is 0 Å². The molecule has 180 valence electrons. The molecule has 0 aliphatic carbocycles. The zero-order chi connectivity index (χ0) is 23.5. The zero-order valence-corrected chi connectivity index (χ0v) is 19.5. The van der Waals surface area contributed by atoms with Crippen molar-refractivity contribution < 1.29 is 23.8 Å². The molecule has 1 N–H and O–H groups in total. The third-order valence-corrected chi connectivity index (χ3v) is 6.58. The summed E-state index contributed by atoms with van der Waals surface area (Å²) in [5.74, 6) is 1.94. The number of hydrogen-bond acceptors (Lipinski definition) is 6. The predicted octanol–water partition coefficient (Wildman–Crippen LogP) is 2.92. The maximum atomic E-state index is 13.1. The number of ether oxygens (including phenoxy) is 3. The molecule has 0 saturated carbocycles. The lowest BCUT2D eigenvalue weighted by Gasteiger charge is -2.38. The molecule has 34 heavy (non-hydrogen) atoms. The number of anilines is 1. The van der Waals surface area contributed by atoms with Crippen LogP contribution in [0.2, 0.25) is 0 Å². The van der Waals surface area contributed by atoms with Crippen LogP contribution in [0.5, 0.6) is 17.2 Å². The molecule has 2 aromatic carbocycles. The Morgan fingerprint density at radius 1 is 1.00 bits per heavy atom. The van der Waals surface area contributed by atoms with Gasteiger partial charge in [-0.2, -0.15) is 0 Å². The van der Waals surface area contributed by atoms with Crippen LogP contribution >= 0.6 is 0 Å². The molecular formula is C26H31N3O5. The smallest absolute Gasteiger partial charge is 0.265 e. The van der Waals surface area contributed by atoms with Gasteiger partial charge in [-0.1, -0.05) is 18.2 Å². The first-order chi connectivity index (χ1) is 16.6. The number of para-hydroxylation sites is 2. The molecule has 1 fully saturated rings. The molecule has 0 aromatic heterocycles. The van der Waals surface area contributed by atoms with Gasteiger partial charge in [-0.3, -0.25) is 9.59 Å². The van der Waals surface area contributed by atoms with Crippen LogP contribution in [0.1, 0.15) is 37.8 Å². The topological polar surface area (TPSA) is 80.3 Å². The Hall–Kier alpha value is -3.42. The lowest BCUT2D eigenvalue weighted by Crippen LogP contribution is -2.53. The quantitative estimate of drug-likeness (QED) is 0.732. The highest BCUT2D eigenvalue weighted by molar-refractivity contribution is 5.86. The van der Waals surface area contributed by atoms with Crippen LogP contribution in [0.25, 0.3) is 0 Å². The van der Waals surface area contributed by atoms with E-state index in [2.05, 4.69) is 5.32 Å². The van der Waals surface area contributed by atoms with E-state index in [-0.39, 0.29) is 24.4 Å². The second-order valence-electron chi connectivity index (χ2n) is 9.03. The standard InChI is InChI=1S/C26H31N3O5/c1-18(19-9-10-22-23(15-19)33-14-13-32-22)27-25(30)17-29-16-24(26(31)28-11-5-2-6-12-28)34-21-8-4-3-7-20(21)29/h3-4,7-10,15,18,24H,2,5-6,11-14,16-17H2,1H3,(H,27,30)/t18-,24+/m1/s1. The van der Waals surface area contributed by atoms with Crippen LogP contribution < -0.4 is 24.4 Å². The molecule has 0 spiro atoms. The fourth-order valence-electron chi connectivity index (χ4n) is 4.78. The molecule has 2 amide bonds.